The van der Waals surface area contributed by atoms with Crippen LogP contribution in [0.5, 0.6) is 0 Å². The molecule has 2 aromatic carbocycles. The Labute approximate surface area is 124 Å². The Balaban J connectivity index is 2.13. The van der Waals surface area contributed by atoms with Gasteiger partial charge >= 0.3 is 0 Å². The van der Waals surface area contributed by atoms with Gasteiger partial charge in [-0.2, -0.15) is 0 Å². The Hall–Kier alpha value is -0.570. The summed E-state index contributed by atoms with van der Waals surface area (Å²) in [5, 5.41) is 0.512. The van der Waals surface area contributed by atoms with Gasteiger partial charge in [-0.05, 0) is 57.7 Å². The van der Waals surface area contributed by atoms with Crippen LogP contribution in [0.4, 0.5) is 4.39 Å². The molecule has 0 bridgehead atoms. The molecule has 0 saturated carbocycles. The van der Waals surface area contributed by atoms with Gasteiger partial charge in [0.15, 0.2) is 0 Å². The third-order valence-electron chi connectivity index (χ3n) is 2.63. The molecule has 4 heteroatoms. The molecule has 0 aromatic heterocycles. The zero-order chi connectivity index (χ0) is 13.1. The molecule has 0 aliphatic rings. The van der Waals surface area contributed by atoms with Crippen LogP contribution in [0, 0.1) is 5.82 Å². The van der Waals surface area contributed by atoms with Crippen molar-refractivity contribution in [3.63, 3.8) is 0 Å². The zero-order valence-electron chi connectivity index (χ0n) is 9.34. The van der Waals surface area contributed by atoms with Gasteiger partial charge in [-0.15, -0.1) is 11.6 Å². The van der Waals surface area contributed by atoms with Gasteiger partial charge in [-0.1, -0.05) is 29.8 Å². The van der Waals surface area contributed by atoms with Crippen LogP contribution in [0.25, 0.3) is 0 Å². The molecule has 2 aromatic rings. The second-order valence-electron chi connectivity index (χ2n) is 3.97. The van der Waals surface area contributed by atoms with E-state index in [2.05, 4.69) is 15.9 Å². The molecule has 1 unspecified atom stereocenters. The summed E-state index contributed by atoms with van der Waals surface area (Å²) in [4.78, 5) is 0. The van der Waals surface area contributed by atoms with Crippen molar-refractivity contribution in [3.8, 4) is 0 Å². The first-order valence-corrected chi connectivity index (χ1v) is 7.00. The fraction of sp³-hybridized carbons (Fsp3) is 0.143. The van der Waals surface area contributed by atoms with E-state index >= 15 is 0 Å². The fourth-order valence-electron chi connectivity index (χ4n) is 1.65. The van der Waals surface area contributed by atoms with E-state index in [-0.39, 0.29) is 11.2 Å². The number of hydrogen-bond acceptors (Lipinski definition) is 0. The summed E-state index contributed by atoms with van der Waals surface area (Å²) in [5.74, 6) is -0.283. The summed E-state index contributed by atoms with van der Waals surface area (Å²) in [7, 11) is 0. The minimum atomic E-state index is -0.283. The summed E-state index contributed by atoms with van der Waals surface area (Å²) in [6.45, 7) is 0. The van der Waals surface area contributed by atoms with E-state index in [4.69, 9.17) is 23.2 Å². The Bertz CT molecular complexity index is 540. The fourth-order valence-corrected chi connectivity index (χ4v) is 2.49. The molecular formula is C14H10BrCl2F. The largest absolute Gasteiger partial charge is 0.206 e. The third kappa shape index (κ3) is 3.47. The highest BCUT2D eigenvalue weighted by Gasteiger charge is 2.11. The van der Waals surface area contributed by atoms with Crippen molar-refractivity contribution in [2.45, 2.75) is 11.8 Å². The smallest absolute Gasteiger partial charge is 0.137 e. The average molecular weight is 348 g/mol. The predicted octanol–water partition coefficient (Wildman–Crippen LogP) is 5.76. The topological polar surface area (TPSA) is 0 Å². The van der Waals surface area contributed by atoms with Gasteiger partial charge in [-0.3, -0.25) is 0 Å². The van der Waals surface area contributed by atoms with Gasteiger partial charge in [0.05, 0.1) is 9.85 Å². The predicted molar refractivity (Wildman–Crippen MR) is 77.9 cm³/mol. The van der Waals surface area contributed by atoms with Crippen LogP contribution in [0.1, 0.15) is 16.5 Å². The van der Waals surface area contributed by atoms with Gasteiger partial charge in [-0.25, -0.2) is 4.39 Å². The van der Waals surface area contributed by atoms with E-state index in [1.807, 2.05) is 24.3 Å². The number of halogens is 4. The molecule has 0 aliphatic carbocycles. The Kier molecular flexibility index (Phi) is 4.66. The van der Waals surface area contributed by atoms with Gasteiger partial charge in [0.2, 0.25) is 0 Å². The highest BCUT2D eigenvalue weighted by Crippen LogP contribution is 2.28. The van der Waals surface area contributed by atoms with Crippen LogP contribution < -0.4 is 0 Å². The first-order valence-electron chi connectivity index (χ1n) is 5.40. The van der Waals surface area contributed by atoms with Crippen LogP contribution in [0.3, 0.4) is 0 Å². The molecule has 0 spiro atoms. The van der Waals surface area contributed by atoms with Crippen molar-refractivity contribution in [2.75, 3.05) is 0 Å². The van der Waals surface area contributed by atoms with E-state index < -0.39 is 0 Å². The molecule has 0 fully saturated rings. The number of rotatable bonds is 3. The molecule has 0 nitrogen and oxygen atoms in total. The monoisotopic (exact) mass is 346 g/mol. The molecule has 0 radical (unpaired) electrons. The Morgan fingerprint density at radius 3 is 2.39 bits per heavy atom. The van der Waals surface area contributed by atoms with Crippen molar-refractivity contribution >= 4 is 39.1 Å². The molecule has 0 saturated heterocycles. The summed E-state index contributed by atoms with van der Waals surface area (Å²) < 4.78 is 13.6. The van der Waals surface area contributed by atoms with Crippen LogP contribution in [-0.4, -0.2) is 0 Å². The van der Waals surface area contributed by atoms with Crippen LogP contribution in [0.2, 0.25) is 5.02 Å². The summed E-state index contributed by atoms with van der Waals surface area (Å²) in [6.07, 6.45) is 0.677. The minimum absolute atomic E-state index is 0.192. The lowest BCUT2D eigenvalue weighted by molar-refractivity contribution is 0.620. The summed E-state index contributed by atoms with van der Waals surface area (Å²) >= 11 is 15.3. The number of benzene rings is 2. The molecule has 0 aliphatic heterocycles. The van der Waals surface area contributed by atoms with Crippen LogP contribution in [-0.2, 0) is 6.42 Å². The standard InChI is InChI=1S/C14H10BrCl2F/c15-12-8-10(3-6-14(12)18)13(17)7-9-1-4-11(16)5-2-9/h1-6,8,13H,7H2. The minimum Gasteiger partial charge on any atom is -0.206 e. The first kappa shape index (κ1) is 13.9. The molecular weight excluding hydrogens is 338 g/mol. The van der Waals surface area contributed by atoms with Crippen molar-refractivity contribution in [1.29, 1.82) is 0 Å². The van der Waals surface area contributed by atoms with Crippen molar-refractivity contribution in [1.82, 2.24) is 0 Å². The van der Waals surface area contributed by atoms with Crippen LogP contribution >= 0.6 is 39.1 Å². The molecule has 0 heterocycles. The van der Waals surface area contributed by atoms with Gasteiger partial charge in [0.25, 0.3) is 0 Å². The molecule has 0 amide bonds. The lowest BCUT2D eigenvalue weighted by atomic mass is 10.0. The van der Waals surface area contributed by atoms with Gasteiger partial charge in [0, 0.05) is 5.02 Å². The number of alkyl halides is 1. The number of hydrogen-bond donors (Lipinski definition) is 0. The van der Waals surface area contributed by atoms with Crippen molar-refractivity contribution < 1.29 is 4.39 Å². The lowest BCUT2D eigenvalue weighted by Gasteiger charge is -2.11. The molecule has 0 N–H and O–H groups in total. The van der Waals surface area contributed by atoms with E-state index in [1.165, 1.54) is 6.07 Å². The molecule has 18 heavy (non-hydrogen) atoms. The van der Waals surface area contributed by atoms with E-state index in [9.17, 15) is 4.39 Å². The highest BCUT2D eigenvalue weighted by molar-refractivity contribution is 9.10. The Morgan fingerprint density at radius 1 is 1.11 bits per heavy atom. The van der Waals surface area contributed by atoms with Crippen molar-refractivity contribution in [2.24, 2.45) is 0 Å². The van der Waals surface area contributed by atoms with E-state index in [0.717, 1.165) is 11.1 Å². The van der Waals surface area contributed by atoms with E-state index in [1.54, 1.807) is 12.1 Å². The molecule has 2 rings (SSSR count). The Morgan fingerprint density at radius 2 is 1.78 bits per heavy atom. The second kappa shape index (κ2) is 6.05. The summed E-state index contributed by atoms with van der Waals surface area (Å²) in [6, 6.07) is 12.4. The third-order valence-corrected chi connectivity index (χ3v) is 3.90. The lowest BCUT2D eigenvalue weighted by Crippen LogP contribution is -1.96. The molecule has 94 valence electrons. The normalized spacial score (nSPS) is 12.4. The zero-order valence-corrected chi connectivity index (χ0v) is 12.4. The van der Waals surface area contributed by atoms with Gasteiger partial charge in [0.1, 0.15) is 5.82 Å². The maximum atomic E-state index is 13.1. The highest BCUT2D eigenvalue weighted by atomic mass is 79.9. The average Bonchev–Trinajstić information content (AvgIpc) is 2.35. The van der Waals surface area contributed by atoms with E-state index in [0.29, 0.717) is 15.9 Å². The van der Waals surface area contributed by atoms with Crippen LogP contribution in [0.15, 0.2) is 46.9 Å². The maximum absolute atomic E-state index is 13.1. The quantitative estimate of drug-likeness (QED) is 0.619. The second-order valence-corrected chi connectivity index (χ2v) is 5.79. The van der Waals surface area contributed by atoms with Gasteiger partial charge < -0.3 is 0 Å². The first-order chi connectivity index (χ1) is 8.56. The maximum Gasteiger partial charge on any atom is 0.137 e. The molecule has 1 atom stereocenters. The van der Waals surface area contributed by atoms with Crippen molar-refractivity contribution in [3.05, 3.63) is 68.9 Å². The SMILES string of the molecule is Fc1ccc(C(Cl)Cc2ccc(Cl)cc2)cc1Br. The summed E-state index contributed by atoms with van der Waals surface area (Å²) in [5.41, 5.74) is 1.99.